The fourth-order valence-corrected chi connectivity index (χ4v) is 4.22. The molecule has 0 atom stereocenters. The van der Waals surface area contributed by atoms with E-state index in [1.165, 1.54) is 6.26 Å². The van der Waals surface area contributed by atoms with Crippen molar-refractivity contribution >= 4 is 37.4 Å². The molecular weight excluding hydrogens is 296 g/mol. The van der Waals surface area contributed by atoms with Gasteiger partial charge in [-0.25, -0.2) is 23.1 Å². The smallest absolute Gasteiger partial charge is 0.208 e. The van der Waals surface area contributed by atoms with Crippen LogP contribution >= 0.6 is 11.3 Å². The quantitative estimate of drug-likeness (QED) is 0.922. The van der Waals surface area contributed by atoms with Crippen molar-refractivity contribution in [3.05, 3.63) is 17.8 Å². The standard InChI is InChI=1S/C12H16N4O2S2/c1-20(17,18)15-9-2-5-16(6-3-9)12-11-10(4-7-19-11)13-8-14-12/h4,7-9,15H,2-3,5-6H2,1H3. The fourth-order valence-electron chi connectivity index (χ4n) is 2.51. The first-order valence-corrected chi connectivity index (χ1v) is 9.20. The minimum atomic E-state index is -3.12. The van der Waals surface area contributed by atoms with Crippen molar-refractivity contribution in [1.82, 2.24) is 14.7 Å². The van der Waals surface area contributed by atoms with Crippen LogP contribution in [-0.4, -0.2) is 43.8 Å². The predicted molar refractivity (Wildman–Crippen MR) is 80.6 cm³/mol. The third-order valence-electron chi connectivity index (χ3n) is 3.40. The number of piperidine rings is 1. The van der Waals surface area contributed by atoms with E-state index < -0.39 is 10.0 Å². The van der Waals surface area contributed by atoms with Gasteiger partial charge in [-0.1, -0.05) is 0 Å². The molecule has 1 saturated heterocycles. The van der Waals surface area contributed by atoms with Crippen LogP contribution in [0, 0.1) is 0 Å². The van der Waals surface area contributed by atoms with Crippen molar-refractivity contribution in [3.8, 4) is 0 Å². The molecule has 108 valence electrons. The van der Waals surface area contributed by atoms with E-state index in [9.17, 15) is 8.42 Å². The van der Waals surface area contributed by atoms with Gasteiger partial charge < -0.3 is 4.90 Å². The predicted octanol–water partition coefficient (Wildman–Crippen LogP) is 1.21. The van der Waals surface area contributed by atoms with Crippen molar-refractivity contribution in [2.24, 2.45) is 0 Å². The molecule has 2 aromatic heterocycles. The van der Waals surface area contributed by atoms with E-state index in [0.29, 0.717) is 0 Å². The minimum Gasteiger partial charge on any atom is -0.355 e. The molecule has 0 bridgehead atoms. The largest absolute Gasteiger partial charge is 0.355 e. The molecule has 3 heterocycles. The number of anilines is 1. The van der Waals surface area contributed by atoms with Crippen molar-refractivity contribution in [1.29, 1.82) is 0 Å². The van der Waals surface area contributed by atoms with E-state index >= 15 is 0 Å². The van der Waals surface area contributed by atoms with Gasteiger partial charge in [0.05, 0.1) is 16.5 Å². The molecule has 1 aliphatic heterocycles. The summed E-state index contributed by atoms with van der Waals surface area (Å²) in [5, 5.41) is 2.01. The van der Waals surface area contributed by atoms with Gasteiger partial charge in [-0.15, -0.1) is 11.3 Å². The summed E-state index contributed by atoms with van der Waals surface area (Å²) in [5.41, 5.74) is 0.969. The topological polar surface area (TPSA) is 75.2 Å². The molecule has 1 fully saturated rings. The summed E-state index contributed by atoms with van der Waals surface area (Å²) in [6.45, 7) is 1.61. The van der Waals surface area contributed by atoms with Gasteiger partial charge in [0, 0.05) is 19.1 Å². The number of fused-ring (bicyclic) bond motifs is 1. The molecule has 1 N–H and O–H groups in total. The SMILES string of the molecule is CS(=O)(=O)NC1CCN(c2ncnc3ccsc23)CC1. The van der Waals surface area contributed by atoms with E-state index in [-0.39, 0.29) is 6.04 Å². The highest BCUT2D eigenvalue weighted by Gasteiger charge is 2.23. The highest BCUT2D eigenvalue weighted by Crippen LogP contribution is 2.29. The molecular formula is C12H16N4O2S2. The van der Waals surface area contributed by atoms with Crippen LogP contribution in [0.25, 0.3) is 10.2 Å². The van der Waals surface area contributed by atoms with E-state index in [1.54, 1.807) is 17.7 Å². The second-order valence-corrected chi connectivity index (χ2v) is 7.68. The zero-order valence-electron chi connectivity index (χ0n) is 11.1. The Bertz CT molecular complexity index is 705. The molecule has 0 saturated carbocycles. The summed E-state index contributed by atoms with van der Waals surface area (Å²) < 4.78 is 26.3. The fraction of sp³-hybridized carbons (Fsp3) is 0.500. The Balaban J connectivity index is 1.74. The second-order valence-electron chi connectivity index (χ2n) is 4.98. The van der Waals surface area contributed by atoms with Crippen LogP contribution in [0.2, 0.25) is 0 Å². The van der Waals surface area contributed by atoms with Crippen molar-refractivity contribution in [2.75, 3.05) is 24.2 Å². The average Bonchev–Trinajstić information content (AvgIpc) is 2.86. The molecule has 0 spiro atoms. The highest BCUT2D eigenvalue weighted by atomic mass is 32.2. The van der Waals surface area contributed by atoms with Gasteiger partial charge in [-0.3, -0.25) is 0 Å². The Labute approximate surface area is 121 Å². The summed E-state index contributed by atoms with van der Waals surface area (Å²) in [6, 6.07) is 2.02. The minimum absolute atomic E-state index is 0.0295. The van der Waals surface area contributed by atoms with Gasteiger partial charge in [-0.05, 0) is 24.3 Å². The lowest BCUT2D eigenvalue weighted by Crippen LogP contribution is -2.44. The first-order valence-electron chi connectivity index (χ1n) is 6.43. The summed E-state index contributed by atoms with van der Waals surface area (Å²) in [5.74, 6) is 0.961. The van der Waals surface area contributed by atoms with E-state index in [1.807, 2.05) is 11.4 Å². The first-order chi connectivity index (χ1) is 9.53. The Hall–Kier alpha value is -1.25. The first kappa shape index (κ1) is 13.7. The van der Waals surface area contributed by atoms with E-state index in [2.05, 4.69) is 19.6 Å². The van der Waals surface area contributed by atoms with Crippen molar-refractivity contribution in [3.63, 3.8) is 0 Å². The molecule has 2 aromatic rings. The number of hydrogen-bond acceptors (Lipinski definition) is 6. The third-order valence-corrected chi connectivity index (χ3v) is 5.06. The number of rotatable bonds is 3. The van der Waals surface area contributed by atoms with Crippen LogP contribution in [0.4, 0.5) is 5.82 Å². The van der Waals surface area contributed by atoms with E-state index in [4.69, 9.17) is 0 Å². The second kappa shape index (κ2) is 5.27. The highest BCUT2D eigenvalue weighted by molar-refractivity contribution is 7.88. The van der Waals surface area contributed by atoms with Crippen LogP contribution in [0.1, 0.15) is 12.8 Å². The zero-order chi connectivity index (χ0) is 14.2. The maximum absolute atomic E-state index is 11.2. The molecule has 3 rings (SSSR count). The summed E-state index contributed by atoms with van der Waals surface area (Å²) in [7, 11) is -3.12. The number of nitrogens with one attached hydrogen (secondary N) is 1. The lowest BCUT2D eigenvalue weighted by molar-refractivity contribution is 0.460. The van der Waals surface area contributed by atoms with Crippen molar-refractivity contribution < 1.29 is 8.42 Å². The molecule has 0 aliphatic carbocycles. The average molecular weight is 312 g/mol. The molecule has 0 radical (unpaired) electrons. The van der Waals surface area contributed by atoms with Gasteiger partial charge in [0.1, 0.15) is 12.1 Å². The van der Waals surface area contributed by atoms with Gasteiger partial charge in [0.25, 0.3) is 0 Å². The van der Waals surface area contributed by atoms with E-state index in [0.717, 1.165) is 42.0 Å². The van der Waals surface area contributed by atoms with Gasteiger partial charge in [-0.2, -0.15) is 0 Å². The van der Waals surface area contributed by atoms with Gasteiger partial charge in [0.2, 0.25) is 10.0 Å². The maximum Gasteiger partial charge on any atom is 0.208 e. The molecule has 1 aliphatic rings. The normalized spacial score (nSPS) is 17.8. The summed E-state index contributed by atoms with van der Waals surface area (Å²) >= 11 is 1.64. The van der Waals surface area contributed by atoms with Crippen LogP contribution in [0.15, 0.2) is 17.8 Å². The van der Waals surface area contributed by atoms with Gasteiger partial charge in [0.15, 0.2) is 0 Å². The van der Waals surface area contributed by atoms with Crippen LogP contribution in [0.3, 0.4) is 0 Å². The summed E-state index contributed by atoms with van der Waals surface area (Å²) in [4.78, 5) is 10.8. The lowest BCUT2D eigenvalue weighted by atomic mass is 10.1. The Morgan fingerprint density at radius 1 is 1.35 bits per heavy atom. The molecule has 6 nitrogen and oxygen atoms in total. The molecule has 8 heteroatoms. The van der Waals surface area contributed by atoms with Gasteiger partial charge >= 0.3 is 0 Å². The Morgan fingerprint density at radius 3 is 2.80 bits per heavy atom. The van der Waals surface area contributed by atoms with Crippen LogP contribution in [0.5, 0.6) is 0 Å². The monoisotopic (exact) mass is 312 g/mol. The van der Waals surface area contributed by atoms with Crippen molar-refractivity contribution in [2.45, 2.75) is 18.9 Å². The molecule has 0 unspecified atom stereocenters. The number of aromatic nitrogens is 2. The van der Waals surface area contributed by atoms with Crippen LogP contribution in [-0.2, 0) is 10.0 Å². The Kier molecular flexibility index (Phi) is 3.61. The molecule has 0 aromatic carbocycles. The number of sulfonamides is 1. The maximum atomic E-state index is 11.2. The number of hydrogen-bond donors (Lipinski definition) is 1. The Morgan fingerprint density at radius 2 is 2.10 bits per heavy atom. The third kappa shape index (κ3) is 2.92. The van der Waals surface area contributed by atoms with Crippen LogP contribution < -0.4 is 9.62 Å². The lowest BCUT2D eigenvalue weighted by Gasteiger charge is -2.32. The molecule has 0 amide bonds. The molecule has 20 heavy (non-hydrogen) atoms. The number of thiophene rings is 1. The summed E-state index contributed by atoms with van der Waals surface area (Å²) in [6.07, 6.45) is 4.39. The zero-order valence-corrected chi connectivity index (χ0v) is 12.7. The number of nitrogens with zero attached hydrogens (tertiary/aromatic N) is 3.